The number of hydrogen-bond donors (Lipinski definition) is 2. The van der Waals surface area contributed by atoms with Crippen LogP contribution in [-0.4, -0.2) is 22.0 Å². The molecule has 2 rings (SSSR count). The molecule has 1 aromatic rings. The van der Waals surface area contributed by atoms with Crippen LogP contribution in [0.4, 0.5) is 0 Å². The fourth-order valence-electron chi connectivity index (χ4n) is 3.18. The molecule has 3 unspecified atom stereocenters. The first-order valence-corrected chi connectivity index (χ1v) is 7.44. The van der Waals surface area contributed by atoms with E-state index in [0.29, 0.717) is 6.04 Å². The van der Waals surface area contributed by atoms with Gasteiger partial charge in [-0.1, -0.05) is 33.1 Å². The summed E-state index contributed by atoms with van der Waals surface area (Å²) in [6.45, 7) is 5.59. The molecule has 1 fully saturated rings. The van der Waals surface area contributed by atoms with E-state index >= 15 is 0 Å². The van der Waals surface area contributed by atoms with Crippen molar-refractivity contribution < 1.29 is 0 Å². The van der Waals surface area contributed by atoms with Gasteiger partial charge < -0.3 is 5.32 Å². The molecular formula is C14H26N4. The Balaban J connectivity index is 2.03. The van der Waals surface area contributed by atoms with Crippen molar-refractivity contribution in [3.05, 3.63) is 11.9 Å². The number of hydrogen-bond acceptors (Lipinski definition) is 3. The molecule has 18 heavy (non-hydrogen) atoms. The Morgan fingerprint density at radius 1 is 1.44 bits per heavy atom. The van der Waals surface area contributed by atoms with Crippen molar-refractivity contribution in [2.45, 2.75) is 58.4 Å². The van der Waals surface area contributed by atoms with Gasteiger partial charge in [-0.05, 0) is 37.6 Å². The molecule has 0 aromatic carbocycles. The molecule has 1 aromatic heterocycles. The van der Waals surface area contributed by atoms with E-state index in [1.54, 1.807) is 0 Å². The molecule has 0 spiro atoms. The third-order valence-corrected chi connectivity index (χ3v) is 4.24. The van der Waals surface area contributed by atoms with E-state index in [9.17, 15) is 0 Å². The zero-order chi connectivity index (χ0) is 12.8. The monoisotopic (exact) mass is 250 g/mol. The standard InChI is InChI=1S/C14H26N4/c1-3-8-15-14(13-10-16-18-17-13)12-7-5-6-11(4-2)9-12/h10-12,14-15H,3-9H2,1-2H3,(H,16,17,18). The van der Waals surface area contributed by atoms with Gasteiger partial charge in [-0.15, -0.1) is 0 Å². The predicted molar refractivity (Wildman–Crippen MR) is 73.2 cm³/mol. The maximum Gasteiger partial charge on any atom is 0.0996 e. The lowest BCUT2D eigenvalue weighted by Crippen LogP contribution is -2.32. The maximum absolute atomic E-state index is 4.30. The van der Waals surface area contributed by atoms with E-state index in [0.717, 1.165) is 30.5 Å². The van der Waals surface area contributed by atoms with Gasteiger partial charge in [0.25, 0.3) is 0 Å². The van der Waals surface area contributed by atoms with Gasteiger partial charge in [0, 0.05) is 0 Å². The molecule has 0 bridgehead atoms. The van der Waals surface area contributed by atoms with E-state index in [-0.39, 0.29) is 0 Å². The Kier molecular flexibility index (Phi) is 5.17. The minimum Gasteiger partial charge on any atom is -0.308 e. The highest BCUT2D eigenvalue weighted by atomic mass is 15.3. The van der Waals surface area contributed by atoms with Crippen molar-refractivity contribution in [3.8, 4) is 0 Å². The number of H-pyrrole nitrogens is 1. The van der Waals surface area contributed by atoms with Gasteiger partial charge in [-0.3, -0.25) is 0 Å². The summed E-state index contributed by atoms with van der Waals surface area (Å²) in [5.41, 5.74) is 1.09. The maximum atomic E-state index is 4.30. The zero-order valence-corrected chi connectivity index (χ0v) is 11.7. The molecule has 4 nitrogen and oxygen atoms in total. The van der Waals surface area contributed by atoms with E-state index in [2.05, 4.69) is 34.6 Å². The zero-order valence-electron chi connectivity index (χ0n) is 11.7. The van der Waals surface area contributed by atoms with E-state index in [1.807, 2.05) is 6.20 Å². The topological polar surface area (TPSA) is 53.6 Å². The van der Waals surface area contributed by atoms with Crippen molar-refractivity contribution in [3.63, 3.8) is 0 Å². The number of rotatable bonds is 6. The molecule has 2 N–H and O–H groups in total. The van der Waals surface area contributed by atoms with E-state index < -0.39 is 0 Å². The normalized spacial score (nSPS) is 26.1. The van der Waals surface area contributed by atoms with Crippen molar-refractivity contribution in [2.75, 3.05) is 6.54 Å². The van der Waals surface area contributed by atoms with Gasteiger partial charge in [0.05, 0.1) is 17.9 Å². The molecule has 0 aliphatic heterocycles. The molecule has 0 amide bonds. The average molecular weight is 250 g/mol. The van der Waals surface area contributed by atoms with Crippen LogP contribution in [-0.2, 0) is 0 Å². The second-order valence-corrected chi connectivity index (χ2v) is 5.53. The van der Waals surface area contributed by atoms with Crippen LogP contribution in [0.15, 0.2) is 6.20 Å². The average Bonchev–Trinajstić information content (AvgIpc) is 2.93. The van der Waals surface area contributed by atoms with Crippen molar-refractivity contribution >= 4 is 0 Å². The quantitative estimate of drug-likeness (QED) is 0.816. The van der Waals surface area contributed by atoms with Gasteiger partial charge >= 0.3 is 0 Å². The highest BCUT2D eigenvalue weighted by Crippen LogP contribution is 2.37. The van der Waals surface area contributed by atoms with Crippen molar-refractivity contribution in [2.24, 2.45) is 11.8 Å². The molecule has 102 valence electrons. The minimum atomic E-state index is 0.387. The highest BCUT2D eigenvalue weighted by molar-refractivity contribution is 5.03. The third-order valence-electron chi connectivity index (χ3n) is 4.24. The van der Waals surface area contributed by atoms with Crippen LogP contribution >= 0.6 is 0 Å². The lowest BCUT2D eigenvalue weighted by atomic mass is 9.76. The van der Waals surface area contributed by atoms with E-state index in [1.165, 1.54) is 32.1 Å². The Labute approximate surface area is 110 Å². The highest BCUT2D eigenvalue weighted by Gasteiger charge is 2.29. The Bertz CT molecular complexity index is 323. The lowest BCUT2D eigenvalue weighted by molar-refractivity contribution is 0.207. The fourth-order valence-corrected chi connectivity index (χ4v) is 3.18. The van der Waals surface area contributed by atoms with Crippen LogP contribution < -0.4 is 5.32 Å². The first-order valence-electron chi connectivity index (χ1n) is 7.44. The number of nitrogens with zero attached hydrogens (tertiary/aromatic N) is 2. The SMILES string of the molecule is CCCNC(c1cn[nH]n1)C1CCCC(CC)C1. The molecule has 4 heteroatoms. The molecule has 1 aliphatic rings. The Morgan fingerprint density at radius 2 is 2.33 bits per heavy atom. The molecule has 3 atom stereocenters. The predicted octanol–water partition coefficient (Wildman–Crippen LogP) is 3.06. The largest absolute Gasteiger partial charge is 0.308 e. The van der Waals surface area contributed by atoms with Crippen LogP contribution in [0.1, 0.15) is 64.1 Å². The van der Waals surface area contributed by atoms with Crippen LogP contribution in [0.2, 0.25) is 0 Å². The van der Waals surface area contributed by atoms with Crippen LogP contribution in [0.3, 0.4) is 0 Å². The molecule has 1 saturated carbocycles. The summed E-state index contributed by atoms with van der Waals surface area (Å²) >= 11 is 0. The minimum absolute atomic E-state index is 0.387. The van der Waals surface area contributed by atoms with Gasteiger partial charge in [0.15, 0.2) is 0 Å². The van der Waals surface area contributed by atoms with Gasteiger partial charge in [0.1, 0.15) is 0 Å². The summed E-state index contributed by atoms with van der Waals surface area (Å²) in [4.78, 5) is 0. The first-order chi connectivity index (χ1) is 8.85. The molecule has 0 saturated heterocycles. The smallest absolute Gasteiger partial charge is 0.0996 e. The van der Waals surface area contributed by atoms with Crippen molar-refractivity contribution in [1.82, 2.24) is 20.7 Å². The van der Waals surface area contributed by atoms with Gasteiger partial charge in [-0.25, -0.2) is 0 Å². The van der Waals surface area contributed by atoms with Gasteiger partial charge in [-0.2, -0.15) is 15.4 Å². The number of aromatic nitrogens is 3. The Morgan fingerprint density at radius 3 is 3.00 bits per heavy atom. The van der Waals surface area contributed by atoms with Crippen LogP contribution in [0, 0.1) is 11.8 Å². The summed E-state index contributed by atoms with van der Waals surface area (Å²) in [7, 11) is 0. The molecule has 1 heterocycles. The second kappa shape index (κ2) is 6.88. The lowest BCUT2D eigenvalue weighted by Gasteiger charge is -2.34. The van der Waals surface area contributed by atoms with Gasteiger partial charge in [0.2, 0.25) is 0 Å². The third kappa shape index (κ3) is 3.31. The summed E-state index contributed by atoms with van der Waals surface area (Å²) in [6.07, 6.45) is 9.80. The summed E-state index contributed by atoms with van der Waals surface area (Å²) in [6, 6.07) is 0.387. The van der Waals surface area contributed by atoms with Crippen LogP contribution in [0.5, 0.6) is 0 Å². The summed E-state index contributed by atoms with van der Waals surface area (Å²) < 4.78 is 0. The van der Waals surface area contributed by atoms with Crippen molar-refractivity contribution in [1.29, 1.82) is 0 Å². The first kappa shape index (κ1) is 13.5. The van der Waals surface area contributed by atoms with Crippen LogP contribution in [0.25, 0.3) is 0 Å². The fraction of sp³-hybridized carbons (Fsp3) is 0.857. The molecule has 1 aliphatic carbocycles. The number of nitrogens with one attached hydrogen (secondary N) is 2. The Hall–Kier alpha value is -0.900. The van der Waals surface area contributed by atoms with E-state index in [4.69, 9.17) is 0 Å². The number of aromatic amines is 1. The second-order valence-electron chi connectivity index (χ2n) is 5.53. The summed E-state index contributed by atoms with van der Waals surface area (Å²) in [5, 5.41) is 14.7. The summed E-state index contributed by atoms with van der Waals surface area (Å²) in [5.74, 6) is 1.63. The molecular weight excluding hydrogens is 224 g/mol. The molecule has 0 radical (unpaired) electrons.